The molecule has 2 N–H and O–H groups in total. The largest absolute Gasteiger partial charge is 0.459 e. The zero-order valence-corrected chi connectivity index (χ0v) is 14.0. The first-order chi connectivity index (χ1) is 10.3. The minimum atomic E-state index is -4.56. The molecule has 0 aromatic heterocycles. The summed E-state index contributed by atoms with van der Waals surface area (Å²) in [5, 5.41) is 0. The Labute approximate surface area is 135 Å². The van der Waals surface area contributed by atoms with E-state index >= 15 is 0 Å². The van der Waals surface area contributed by atoms with Gasteiger partial charge in [0.15, 0.2) is 0 Å². The summed E-state index contributed by atoms with van der Waals surface area (Å²) in [6.45, 7) is 6.72. The first kappa shape index (κ1) is 19.5. The maximum Gasteiger partial charge on any atom is 0.391 e. The first-order valence-electron chi connectivity index (χ1n) is 7.51. The molecule has 0 bridgehead atoms. The predicted octanol–water partition coefficient (Wildman–Crippen LogP) is 3.78. The van der Waals surface area contributed by atoms with Crippen molar-refractivity contribution in [2.75, 3.05) is 0 Å². The van der Waals surface area contributed by atoms with Crippen LogP contribution in [0.25, 0.3) is 0 Å². The number of carbonyl (C=O) groups is 1. The van der Waals surface area contributed by atoms with Crippen LogP contribution in [0.4, 0.5) is 13.2 Å². The van der Waals surface area contributed by atoms with Crippen molar-refractivity contribution in [1.82, 2.24) is 0 Å². The van der Waals surface area contributed by atoms with Crippen LogP contribution in [0.5, 0.6) is 0 Å². The topological polar surface area (TPSA) is 52.3 Å². The van der Waals surface area contributed by atoms with Crippen molar-refractivity contribution < 1.29 is 22.7 Å². The van der Waals surface area contributed by atoms with Gasteiger partial charge in [-0.25, -0.2) is 0 Å². The molecule has 0 saturated heterocycles. The molecule has 1 aromatic carbocycles. The molecule has 0 fully saturated rings. The lowest BCUT2D eigenvalue weighted by Crippen LogP contribution is -2.55. The van der Waals surface area contributed by atoms with Crippen LogP contribution in [0.3, 0.4) is 0 Å². The number of benzene rings is 1. The van der Waals surface area contributed by atoms with Gasteiger partial charge in [-0.3, -0.25) is 4.79 Å². The maximum atomic E-state index is 12.9. The SMILES string of the molecule is CCc1cccc(C[C@@](N)(CC(F)(F)F)C(=O)OC(C)(C)C)c1. The molecule has 0 saturated carbocycles. The van der Waals surface area contributed by atoms with Crippen LogP contribution in [0.15, 0.2) is 24.3 Å². The molecule has 23 heavy (non-hydrogen) atoms. The Kier molecular flexibility index (Phi) is 5.85. The minimum Gasteiger partial charge on any atom is -0.459 e. The summed E-state index contributed by atoms with van der Waals surface area (Å²) in [7, 11) is 0. The molecule has 0 aliphatic carbocycles. The lowest BCUT2D eigenvalue weighted by Gasteiger charge is -2.32. The highest BCUT2D eigenvalue weighted by atomic mass is 19.4. The summed E-state index contributed by atoms with van der Waals surface area (Å²) in [5.41, 5.74) is 4.38. The van der Waals surface area contributed by atoms with Crippen molar-refractivity contribution in [2.45, 2.75) is 64.3 Å². The Morgan fingerprint density at radius 1 is 1.17 bits per heavy atom. The standard InChI is InChI=1S/C17H24F3NO2/c1-5-12-7-6-8-13(9-12)10-16(21,11-17(18,19)20)14(22)23-15(2,3)4/h6-9H,5,10-11,21H2,1-4H3/t16-/m1/s1. The number of hydrogen-bond donors (Lipinski definition) is 1. The Bertz CT molecular complexity index is 550. The fourth-order valence-corrected chi connectivity index (χ4v) is 2.27. The molecule has 6 heteroatoms. The third-order valence-electron chi connectivity index (χ3n) is 3.24. The van der Waals surface area contributed by atoms with Crippen molar-refractivity contribution >= 4 is 5.97 Å². The van der Waals surface area contributed by atoms with Crippen LogP contribution >= 0.6 is 0 Å². The highest BCUT2D eigenvalue weighted by molar-refractivity contribution is 5.81. The number of ether oxygens (including phenoxy) is 1. The quantitative estimate of drug-likeness (QED) is 0.835. The van der Waals surface area contributed by atoms with Crippen molar-refractivity contribution in [3.63, 3.8) is 0 Å². The minimum absolute atomic E-state index is 0.227. The number of nitrogens with two attached hydrogens (primary N) is 1. The van der Waals surface area contributed by atoms with Crippen LogP contribution < -0.4 is 5.73 Å². The number of esters is 1. The second-order valence-electron chi connectivity index (χ2n) is 6.80. The van der Waals surface area contributed by atoms with E-state index in [1.807, 2.05) is 13.0 Å². The van der Waals surface area contributed by atoms with Crippen LogP contribution in [0, 0.1) is 0 Å². The van der Waals surface area contributed by atoms with Crippen LogP contribution in [0.2, 0.25) is 0 Å². The van der Waals surface area contributed by atoms with Crippen LogP contribution in [0.1, 0.15) is 45.2 Å². The van der Waals surface area contributed by atoms with E-state index in [9.17, 15) is 18.0 Å². The van der Waals surface area contributed by atoms with Gasteiger partial charge in [-0.1, -0.05) is 31.2 Å². The van der Waals surface area contributed by atoms with Gasteiger partial charge in [-0.05, 0) is 38.3 Å². The van der Waals surface area contributed by atoms with Gasteiger partial charge in [0.05, 0.1) is 6.42 Å². The number of aryl methyl sites for hydroxylation is 1. The molecular formula is C17H24F3NO2. The van der Waals surface area contributed by atoms with Gasteiger partial charge in [0.25, 0.3) is 0 Å². The highest BCUT2D eigenvalue weighted by Gasteiger charge is 2.47. The van der Waals surface area contributed by atoms with E-state index in [1.165, 1.54) is 0 Å². The summed E-state index contributed by atoms with van der Waals surface area (Å²) >= 11 is 0. The molecule has 130 valence electrons. The van der Waals surface area contributed by atoms with Crippen molar-refractivity contribution in [3.8, 4) is 0 Å². The van der Waals surface area contributed by atoms with Crippen molar-refractivity contribution in [1.29, 1.82) is 0 Å². The fraction of sp³-hybridized carbons (Fsp3) is 0.588. The Morgan fingerprint density at radius 3 is 2.22 bits per heavy atom. The Morgan fingerprint density at radius 2 is 1.74 bits per heavy atom. The third-order valence-corrected chi connectivity index (χ3v) is 3.24. The lowest BCUT2D eigenvalue weighted by atomic mass is 9.87. The summed E-state index contributed by atoms with van der Waals surface area (Å²) in [6.07, 6.45) is -5.47. The summed E-state index contributed by atoms with van der Waals surface area (Å²) in [5.74, 6) is -1.04. The second-order valence-corrected chi connectivity index (χ2v) is 6.80. The van der Waals surface area contributed by atoms with Crippen molar-refractivity contribution in [2.24, 2.45) is 5.73 Å². The predicted molar refractivity (Wildman–Crippen MR) is 83.0 cm³/mol. The van der Waals surface area contributed by atoms with Gasteiger partial charge < -0.3 is 10.5 Å². The van der Waals surface area contributed by atoms with E-state index in [1.54, 1.807) is 39.0 Å². The first-order valence-corrected chi connectivity index (χ1v) is 7.51. The third kappa shape index (κ3) is 6.60. The summed E-state index contributed by atoms with van der Waals surface area (Å²) in [4.78, 5) is 12.3. The van der Waals surface area contributed by atoms with Gasteiger partial charge in [0, 0.05) is 6.42 Å². The molecular weight excluding hydrogens is 307 g/mol. The van der Waals surface area contributed by atoms with Gasteiger partial charge in [-0.15, -0.1) is 0 Å². The van der Waals surface area contributed by atoms with Gasteiger partial charge in [-0.2, -0.15) is 13.2 Å². The van der Waals surface area contributed by atoms with E-state index in [-0.39, 0.29) is 6.42 Å². The number of alkyl halides is 3. The molecule has 0 radical (unpaired) electrons. The van der Waals surface area contributed by atoms with E-state index in [4.69, 9.17) is 10.5 Å². The Hall–Kier alpha value is -1.56. The monoisotopic (exact) mass is 331 g/mol. The van der Waals surface area contributed by atoms with Crippen molar-refractivity contribution in [3.05, 3.63) is 35.4 Å². The van der Waals surface area contributed by atoms with E-state index < -0.39 is 29.7 Å². The zero-order chi connectivity index (χ0) is 17.9. The molecule has 1 aromatic rings. The van der Waals surface area contributed by atoms with E-state index in [2.05, 4.69) is 0 Å². The van der Waals surface area contributed by atoms with Gasteiger partial charge in [0.1, 0.15) is 11.1 Å². The fourth-order valence-electron chi connectivity index (χ4n) is 2.27. The number of carbonyl (C=O) groups excluding carboxylic acids is 1. The number of rotatable bonds is 5. The summed E-state index contributed by atoms with van der Waals surface area (Å²) in [6, 6.07) is 7.06. The number of hydrogen-bond acceptors (Lipinski definition) is 3. The second kappa shape index (κ2) is 6.91. The normalized spacial score (nSPS) is 15.1. The molecule has 3 nitrogen and oxygen atoms in total. The van der Waals surface area contributed by atoms with Crippen LogP contribution in [-0.4, -0.2) is 23.3 Å². The zero-order valence-electron chi connectivity index (χ0n) is 14.0. The van der Waals surface area contributed by atoms with E-state index in [0.717, 1.165) is 12.0 Å². The molecule has 1 atom stereocenters. The molecule has 0 aliphatic rings. The smallest absolute Gasteiger partial charge is 0.391 e. The highest BCUT2D eigenvalue weighted by Crippen LogP contribution is 2.30. The molecule has 0 spiro atoms. The lowest BCUT2D eigenvalue weighted by molar-refractivity contribution is -0.179. The number of halogens is 3. The molecule has 0 unspecified atom stereocenters. The molecule has 0 aliphatic heterocycles. The average Bonchev–Trinajstić information content (AvgIpc) is 2.34. The average molecular weight is 331 g/mol. The molecule has 0 heterocycles. The Balaban J connectivity index is 3.10. The van der Waals surface area contributed by atoms with Gasteiger partial charge >= 0.3 is 12.1 Å². The summed E-state index contributed by atoms with van der Waals surface area (Å²) < 4.78 is 43.8. The maximum absolute atomic E-state index is 12.9. The molecule has 1 rings (SSSR count). The van der Waals surface area contributed by atoms with Crippen LogP contribution in [-0.2, 0) is 22.4 Å². The van der Waals surface area contributed by atoms with Gasteiger partial charge in [0.2, 0.25) is 0 Å². The molecule has 0 amide bonds. The van der Waals surface area contributed by atoms with E-state index in [0.29, 0.717) is 5.56 Å².